The van der Waals surface area contributed by atoms with E-state index in [0.717, 1.165) is 19.1 Å². The fourth-order valence-corrected chi connectivity index (χ4v) is 0.493. The van der Waals surface area contributed by atoms with Crippen LogP contribution in [-0.2, 0) is 4.79 Å². The number of hydrogen-bond acceptors (Lipinski definition) is 3. The summed E-state index contributed by atoms with van der Waals surface area (Å²) in [6.45, 7) is 2.30. The Hall–Kier alpha value is -0.530. The average molecular weight is 237 g/mol. The topological polar surface area (TPSA) is 61.4 Å². The maximum absolute atomic E-state index is 10.6. The Bertz CT molecular complexity index is 170. The molecular formula is C6H12ClF3N2O2. The molecule has 0 atom stereocenters. The van der Waals surface area contributed by atoms with Gasteiger partial charge < -0.3 is 15.7 Å². The largest absolute Gasteiger partial charge is 0.490 e. The normalized spacial score (nSPS) is 15.7. The van der Waals surface area contributed by atoms with Gasteiger partial charge >= 0.3 is 12.1 Å². The minimum absolute atomic E-state index is 0. The van der Waals surface area contributed by atoms with Crippen LogP contribution in [0.5, 0.6) is 0 Å². The van der Waals surface area contributed by atoms with Crippen molar-refractivity contribution in [2.45, 2.75) is 12.2 Å². The van der Waals surface area contributed by atoms with Crippen molar-refractivity contribution < 1.29 is 23.1 Å². The first-order chi connectivity index (χ1) is 5.88. The first-order valence-corrected chi connectivity index (χ1v) is 3.56. The molecule has 1 aliphatic heterocycles. The fraction of sp³-hybridized carbons (Fsp3) is 0.833. The van der Waals surface area contributed by atoms with Crippen molar-refractivity contribution in [1.82, 2.24) is 10.6 Å². The quantitative estimate of drug-likeness (QED) is 0.610. The van der Waals surface area contributed by atoms with Gasteiger partial charge in [0.25, 0.3) is 0 Å². The first kappa shape index (κ1) is 15.9. The lowest BCUT2D eigenvalue weighted by Gasteiger charge is -2.25. The molecule has 0 aromatic rings. The van der Waals surface area contributed by atoms with Gasteiger partial charge in [-0.1, -0.05) is 0 Å². The van der Waals surface area contributed by atoms with E-state index in [1.54, 1.807) is 0 Å². The van der Waals surface area contributed by atoms with Gasteiger partial charge in [0.15, 0.2) is 0 Å². The zero-order valence-corrected chi connectivity index (χ0v) is 8.21. The van der Waals surface area contributed by atoms with Crippen molar-refractivity contribution in [3.8, 4) is 0 Å². The number of rotatable bonds is 1. The van der Waals surface area contributed by atoms with Crippen molar-refractivity contribution in [2.24, 2.45) is 0 Å². The maximum atomic E-state index is 10.6. The van der Waals surface area contributed by atoms with Crippen LogP contribution >= 0.6 is 12.4 Å². The van der Waals surface area contributed by atoms with Gasteiger partial charge in [0.1, 0.15) is 0 Å². The van der Waals surface area contributed by atoms with E-state index >= 15 is 0 Å². The summed E-state index contributed by atoms with van der Waals surface area (Å²) in [6, 6.07) is 0.755. The van der Waals surface area contributed by atoms with Gasteiger partial charge in [-0.05, 0) is 7.05 Å². The van der Waals surface area contributed by atoms with Gasteiger partial charge in [-0.3, -0.25) is 0 Å². The SMILES string of the molecule is CNC1CNC1.Cl.O=C(O)C(F)(F)F. The Labute approximate surface area is 85.3 Å². The van der Waals surface area contributed by atoms with Crippen molar-refractivity contribution in [2.75, 3.05) is 20.1 Å². The monoisotopic (exact) mass is 236 g/mol. The van der Waals surface area contributed by atoms with Crippen LogP contribution in [0.3, 0.4) is 0 Å². The lowest BCUT2D eigenvalue weighted by molar-refractivity contribution is -0.192. The molecular weight excluding hydrogens is 225 g/mol. The predicted octanol–water partition coefficient (Wildman–Crippen LogP) is 0.233. The number of hydrogen-bond donors (Lipinski definition) is 3. The molecule has 0 saturated carbocycles. The summed E-state index contributed by atoms with van der Waals surface area (Å²) < 4.78 is 31.7. The number of nitrogens with one attached hydrogen (secondary N) is 2. The third-order valence-electron chi connectivity index (χ3n) is 1.43. The van der Waals surface area contributed by atoms with E-state index in [1.165, 1.54) is 0 Å². The Morgan fingerprint density at radius 1 is 1.50 bits per heavy atom. The second kappa shape index (κ2) is 6.86. The van der Waals surface area contributed by atoms with Crippen LogP contribution in [-0.4, -0.2) is 43.4 Å². The summed E-state index contributed by atoms with van der Waals surface area (Å²) in [5.41, 5.74) is 0. The lowest BCUT2D eigenvalue weighted by Crippen LogP contribution is -2.54. The number of aliphatic carboxylic acids is 1. The molecule has 0 bridgehead atoms. The summed E-state index contributed by atoms with van der Waals surface area (Å²) in [5.74, 6) is -2.76. The van der Waals surface area contributed by atoms with E-state index in [1.807, 2.05) is 7.05 Å². The van der Waals surface area contributed by atoms with Crippen molar-refractivity contribution in [3.05, 3.63) is 0 Å². The first-order valence-electron chi connectivity index (χ1n) is 3.56. The zero-order chi connectivity index (χ0) is 10.5. The number of carbonyl (C=O) groups is 1. The molecule has 1 saturated heterocycles. The molecule has 1 aliphatic rings. The molecule has 8 heteroatoms. The van der Waals surface area contributed by atoms with Gasteiger partial charge in [0.2, 0.25) is 0 Å². The molecule has 3 N–H and O–H groups in total. The van der Waals surface area contributed by atoms with E-state index in [2.05, 4.69) is 10.6 Å². The number of alkyl halides is 3. The Morgan fingerprint density at radius 2 is 1.86 bits per heavy atom. The molecule has 0 aromatic heterocycles. The summed E-state index contributed by atoms with van der Waals surface area (Å²) in [7, 11) is 1.99. The van der Waals surface area contributed by atoms with Crippen LogP contribution in [0.25, 0.3) is 0 Å². The van der Waals surface area contributed by atoms with Gasteiger partial charge in [0.05, 0.1) is 0 Å². The maximum Gasteiger partial charge on any atom is 0.490 e. The van der Waals surface area contributed by atoms with Crippen molar-refractivity contribution in [3.63, 3.8) is 0 Å². The molecule has 0 spiro atoms. The molecule has 1 rings (SSSR count). The fourth-order valence-electron chi connectivity index (χ4n) is 0.493. The van der Waals surface area contributed by atoms with Gasteiger partial charge in [0, 0.05) is 19.1 Å². The zero-order valence-electron chi connectivity index (χ0n) is 7.39. The van der Waals surface area contributed by atoms with Gasteiger partial charge in [-0.15, -0.1) is 12.4 Å². The third kappa shape index (κ3) is 6.93. The molecule has 4 nitrogen and oxygen atoms in total. The number of halogens is 4. The lowest BCUT2D eigenvalue weighted by atomic mass is 10.2. The van der Waals surface area contributed by atoms with Crippen LogP contribution in [0, 0.1) is 0 Å². The van der Waals surface area contributed by atoms with Crippen LogP contribution < -0.4 is 10.6 Å². The smallest absolute Gasteiger partial charge is 0.475 e. The summed E-state index contributed by atoms with van der Waals surface area (Å²) in [5, 5.41) is 13.4. The Kier molecular flexibility index (Phi) is 7.80. The molecule has 1 fully saturated rings. The van der Waals surface area contributed by atoms with E-state index in [-0.39, 0.29) is 12.4 Å². The minimum Gasteiger partial charge on any atom is -0.475 e. The second-order valence-electron chi connectivity index (χ2n) is 2.45. The molecule has 0 amide bonds. The average Bonchev–Trinajstić information content (AvgIpc) is 1.83. The van der Waals surface area contributed by atoms with Crippen LogP contribution in [0.15, 0.2) is 0 Å². The molecule has 0 radical (unpaired) electrons. The molecule has 0 aliphatic carbocycles. The standard InChI is InChI=1S/C4H10N2.C2HF3O2.ClH/c1-5-4-2-6-3-4;3-2(4,5)1(6)7;/h4-6H,2-3H2,1H3;(H,6,7);1H. The highest BCUT2D eigenvalue weighted by Crippen LogP contribution is 2.13. The van der Waals surface area contributed by atoms with E-state index in [9.17, 15) is 13.2 Å². The van der Waals surface area contributed by atoms with Crippen LogP contribution in [0.1, 0.15) is 0 Å². The van der Waals surface area contributed by atoms with Crippen molar-refractivity contribution in [1.29, 1.82) is 0 Å². The summed E-state index contributed by atoms with van der Waals surface area (Å²) in [6.07, 6.45) is -5.08. The number of likely N-dealkylation sites (N-methyl/N-ethyl adjacent to an activating group) is 1. The molecule has 0 aromatic carbocycles. The number of carboxylic acid groups (broad SMARTS) is 1. The third-order valence-corrected chi connectivity index (χ3v) is 1.43. The molecule has 14 heavy (non-hydrogen) atoms. The van der Waals surface area contributed by atoms with Crippen molar-refractivity contribution >= 4 is 18.4 Å². The summed E-state index contributed by atoms with van der Waals surface area (Å²) >= 11 is 0. The highest BCUT2D eigenvalue weighted by molar-refractivity contribution is 5.85. The Balaban J connectivity index is 0. The molecule has 0 unspecified atom stereocenters. The van der Waals surface area contributed by atoms with E-state index in [4.69, 9.17) is 9.90 Å². The van der Waals surface area contributed by atoms with E-state index in [0.29, 0.717) is 0 Å². The van der Waals surface area contributed by atoms with Crippen LogP contribution in [0.4, 0.5) is 13.2 Å². The predicted molar refractivity (Wildman–Crippen MR) is 46.7 cm³/mol. The van der Waals surface area contributed by atoms with Gasteiger partial charge in [-0.25, -0.2) is 4.79 Å². The van der Waals surface area contributed by atoms with E-state index < -0.39 is 12.1 Å². The summed E-state index contributed by atoms with van der Waals surface area (Å²) in [4.78, 5) is 8.90. The highest BCUT2D eigenvalue weighted by atomic mass is 35.5. The van der Waals surface area contributed by atoms with Crippen LogP contribution in [0.2, 0.25) is 0 Å². The molecule has 1 heterocycles. The minimum atomic E-state index is -5.08. The second-order valence-corrected chi connectivity index (χ2v) is 2.45. The Morgan fingerprint density at radius 3 is 1.86 bits per heavy atom. The number of carboxylic acids is 1. The molecule has 86 valence electrons. The van der Waals surface area contributed by atoms with Gasteiger partial charge in [-0.2, -0.15) is 13.2 Å². The highest BCUT2D eigenvalue weighted by Gasteiger charge is 2.38.